The minimum atomic E-state index is 0.0344. The van der Waals surface area contributed by atoms with Crippen LogP contribution in [-0.4, -0.2) is 27.6 Å². The molecule has 0 radical (unpaired) electrons. The van der Waals surface area contributed by atoms with E-state index in [4.69, 9.17) is 0 Å². The summed E-state index contributed by atoms with van der Waals surface area (Å²) >= 11 is 1.55. The van der Waals surface area contributed by atoms with E-state index in [0.29, 0.717) is 5.92 Å². The summed E-state index contributed by atoms with van der Waals surface area (Å²) in [6.07, 6.45) is 0. The smallest absolute Gasteiger partial charge is 0.264 e. The van der Waals surface area contributed by atoms with Crippen molar-refractivity contribution in [1.29, 1.82) is 0 Å². The monoisotopic (exact) mass is 355 g/mol. The van der Waals surface area contributed by atoms with E-state index in [1.165, 1.54) is 0 Å². The van der Waals surface area contributed by atoms with Crippen molar-refractivity contribution in [3.05, 3.63) is 52.5 Å². The van der Waals surface area contributed by atoms with Gasteiger partial charge in [0.05, 0.1) is 16.6 Å². The zero-order valence-electron chi connectivity index (χ0n) is 15.5. The van der Waals surface area contributed by atoms with E-state index in [2.05, 4.69) is 38.0 Å². The average molecular weight is 356 g/mol. The van der Waals surface area contributed by atoms with E-state index in [1.807, 2.05) is 47.8 Å². The summed E-state index contributed by atoms with van der Waals surface area (Å²) in [7, 11) is 1.87. The highest BCUT2D eigenvalue weighted by molar-refractivity contribution is 7.20. The molecule has 5 heteroatoms. The molecule has 0 spiro atoms. The third-order valence-corrected chi connectivity index (χ3v) is 5.68. The molecule has 0 unspecified atom stereocenters. The van der Waals surface area contributed by atoms with Crippen LogP contribution in [0.2, 0.25) is 0 Å². The fourth-order valence-electron chi connectivity index (χ4n) is 2.99. The molecule has 2 aromatic heterocycles. The SMILES string of the molecule is Cc1nn(CC(C)C)c2sc(C(=O)N(C)[C@@H](C)c3ccccc3)cc12. The van der Waals surface area contributed by atoms with E-state index in [9.17, 15) is 4.79 Å². The van der Waals surface area contributed by atoms with Gasteiger partial charge in [-0.1, -0.05) is 44.2 Å². The topological polar surface area (TPSA) is 38.1 Å². The second kappa shape index (κ2) is 7.00. The van der Waals surface area contributed by atoms with Gasteiger partial charge in [-0.15, -0.1) is 11.3 Å². The molecule has 2 heterocycles. The van der Waals surface area contributed by atoms with Crippen molar-refractivity contribution >= 4 is 27.5 Å². The van der Waals surface area contributed by atoms with E-state index in [1.54, 1.807) is 11.3 Å². The number of fused-ring (bicyclic) bond motifs is 1. The first-order valence-corrected chi connectivity index (χ1v) is 9.49. The van der Waals surface area contributed by atoms with Crippen LogP contribution in [0.25, 0.3) is 10.2 Å². The van der Waals surface area contributed by atoms with E-state index < -0.39 is 0 Å². The Labute approximate surface area is 153 Å². The zero-order chi connectivity index (χ0) is 18.1. The van der Waals surface area contributed by atoms with Crippen molar-refractivity contribution in [3.63, 3.8) is 0 Å². The third-order valence-electron chi connectivity index (χ3n) is 4.54. The van der Waals surface area contributed by atoms with Crippen LogP contribution >= 0.6 is 11.3 Å². The summed E-state index contributed by atoms with van der Waals surface area (Å²) in [6.45, 7) is 9.30. The molecule has 0 fully saturated rings. The maximum absolute atomic E-state index is 13.0. The van der Waals surface area contributed by atoms with E-state index >= 15 is 0 Å². The number of rotatable bonds is 5. The predicted molar refractivity (Wildman–Crippen MR) is 104 cm³/mol. The van der Waals surface area contributed by atoms with E-state index in [0.717, 1.165) is 32.9 Å². The number of carbonyl (C=O) groups excluding carboxylic acids is 1. The van der Waals surface area contributed by atoms with Crippen LogP contribution < -0.4 is 0 Å². The second-order valence-corrected chi connectivity index (χ2v) is 8.02. The Morgan fingerprint density at radius 2 is 1.92 bits per heavy atom. The molecule has 0 saturated carbocycles. The number of benzene rings is 1. The van der Waals surface area contributed by atoms with Gasteiger partial charge in [0, 0.05) is 19.0 Å². The summed E-state index contributed by atoms with van der Waals surface area (Å²) in [5, 5.41) is 5.71. The van der Waals surface area contributed by atoms with Crippen LogP contribution in [0.5, 0.6) is 0 Å². The van der Waals surface area contributed by atoms with Crippen molar-refractivity contribution in [1.82, 2.24) is 14.7 Å². The fraction of sp³-hybridized carbons (Fsp3) is 0.400. The minimum absolute atomic E-state index is 0.0344. The summed E-state index contributed by atoms with van der Waals surface area (Å²) < 4.78 is 2.04. The zero-order valence-corrected chi connectivity index (χ0v) is 16.3. The van der Waals surface area contributed by atoms with Gasteiger partial charge in [-0.2, -0.15) is 5.10 Å². The van der Waals surface area contributed by atoms with Crippen LogP contribution in [0, 0.1) is 12.8 Å². The number of hydrogen-bond donors (Lipinski definition) is 0. The molecule has 3 aromatic rings. The number of thiophene rings is 1. The number of hydrogen-bond acceptors (Lipinski definition) is 3. The summed E-state index contributed by atoms with van der Waals surface area (Å²) in [5.41, 5.74) is 2.13. The Balaban J connectivity index is 1.89. The second-order valence-electron chi connectivity index (χ2n) is 6.99. The number of aromatic nitrogens is 2. The first kappa shape index (κ1) is 17.7. The van der Waals surface area contributed by atoms with Gasteiger partial charge in [0.25, 0.3) is 5.91 Å². The lowest BCUT2D eigenvalue weighted by molar-refractivity contribution is 0.0747. The Bertz CT molecular complexity index is 879. The molecule has 0 bridgehead atoms. The van der Waals surface area contributed by atoms with Gasteiger partial charge < -0.3 is 4.90 Å². The van der Waals surface area contributed by atoms with Crippen LogP contribution in [0.4, 0.5) is 0 Å². The Morgan fingerprint density at radius 3 is 2.56 bits per heavy atom. The number of amides is 1. The molecule has 0 aliphatic heterocycles. The van der Waals surface area contributed by atoms with Gasteiger partial charge >= 0.3 is 0 Å². The fourth-order valence-corrected chi connectivity index (χ4v) is 4.15. The average Bonchev–Trinajstić information content (AvgIpc) is 3.15. The normalized spacial score (nSPS) is 12.7. The maximum atomic E-state index is 13.0. The van der Waals surface area contributed by atoms with Crippen LogP contribution in [0.1, 0.15) is 47.7 Å². The summed E-state index contributed by atoms with van der Waals surface area (Å²) in [5.74, 6) is 0.581. The molecule has 0 N–H and O–H groups in total. The van der Waals surface area contributed by atoms with Gasteiger partial charge in [0.2, 0.25) is 0 Å². The van der Waals surface area contributed by atoms with Crippen molar-refractivity contribution in [3.8, 4) is 0 Å². The van der Waals surface area contributed by atoms with Crippen molar-refractivity contribution < 1.29 is 4.79 Å². The highest BCUT2D eigenvalue weighted by Gasteiger charge is 2.22. The molecule has 4 nitrogen and oxygen atoms in total. The molecule has 3 rings (SSSR count). The Morgan fingerprint density at radius 1 is 1.24 bits per heavy atom. The van der Waals surface area contributed by atoms with Crippen molar-refractivity contribution in [2.45, 2.75) is 40.3 Å². The first-order valence-electron chi connectivity index (χ1n) is 8.67. The van der Waals surface area contributed by atoms with Gasteiger partial charge in [-0.25, -0.2) is 0 Å². The predicted octanol–water partition coefficient (Wildman–Crippen LogP) is 4.90. The lowest BCUT2D eigenvalue weighted by Crippen LogP contribution is -2.29. The van der Waals surface area contributed by atoms with Crippen LogP contribution in [-0.2, 0) is 6.54 Å². The van der Waals surface area contributed by atoms with Gasteiger partial charge in [0.15, 0.2) is 0 Å². The molecule has 0 aliphatic carbocycles. The summed E-state index contributed by atoms with van der Waals surface area (Å²) in [6, 6.07) is 12.2. The Kier molecular flexibility index (Phi) is 4.95. The molecule has 0 saturated heterocycles. The largest absolute Gasteiger partial charge is 0.334 e. The molecule has 132 valence electrons. The quantitative estimate of drug-likeness (QED) is 0.653. The van der Waals surface area contributed by atoms with Crippen molar-refractivity contribution in [2.24, 2.45) is 5.92 Å². The van der Waals surface area contributed by atoms with Crippen LogP contribution in [0.3, 0.4) is 0 Å². The molecule has 1 aromatic carbocycles. The first-order chi connectivity index (χ1) is 11.9. The molecular weight excluding hydrogens is 330 g/mol. The molecular formula is C20H25N3OS. The van der Waals surface area contributed by atoms with Gasteiger partial charge in [0.1, 0.15) is 4.83 Å². The Hall–Kier alpha value is -2.14. The van der Waals surface area contributed by atoms with E-state index in [-0.39, 0.29) is 11.9 Å². The van der Waals surface area contributed by atoms with Gasteiger partial charge in [-0.3, -0.25) is 9.48 Å². The summed E-state index contributed by atoms with van der Waals surface area (Å²) in [4.78, 5) is 16.7. The lowest BCUT2D eigenvalue weighted by Gasteiger charge is -2.24. The van der Waals surface area contributed by atoms with Crippen LogP contribution in [0.15, 0.2) is 36.4 Å². The standard InChI is InChI=1S/C20H25N3OS/c1-13(2)12-23-20-17(14(3)21-23)11-18(25-20)19(24)22(5)15(4)16-9-7-6-8-10-16/h6-11,13,15H,12H2,1-5H3/t15-/m0/s1. The third kappa shape index (κ3) is 3.47. The lowest BCUT2D eigenvalue weighted by atomic mass is 10.1. The molecule has 1 atom stereocenters. The number of aryl methyl sites for hydroxylation is 1. The number of carbonyl (C=O) groups is 1. The highest BCUT2D eigenvalue weighted by Crippen LogP contribution is 2.31. The number of nitrogens with zero attached hydrogens (tertiary/aromatic N) is 3. The highest BCUT2D eigenvalue weighted by atomic mass is 32.1. The van der Waals surface area contributed by atoms with Gasteiger partial charge in [-0.05, 0) is 31.4 Å². The molecule has 25 heavy (non-hydrogen) atoms. The van der Waals surface area contributed by atoms with Crippen molar-refractivity contribution in [2.75, 3.05) is 7.05 Å². The minimum Gasteiger partial charge on any atom is -0.334 e. The molecule has 0 aliphatic rings. The maximum Gasteiger partial charge on any atom is 0.264 e. The molecule has 1 amide bonds.